The summed E-state index contributed by atoms with van der Waals surface area (Å²) in [6.07, 6.45) is 3.57. The summed E-state index contributed by atoms with van der Waals surface area (Å²) in [6.45, 7) is 4.31. The molecule has 3 aliphatic rings. The fraction of sp³-hybridized carbons (Fsp3) is 0.684. The molecule has 2 saturated heterocycles. The van der Waals surface area contributed by atoms with E-state index in [1.807, 2.05) is 0 Å². The van der Waals surface area contributed by atoms with Crippen LogP contribution in [0.1, 0.15) is 50.3 Å². The van der Waals surface area contributed by atoms with Gasteiger partial charge in [-0.15, -0.1) is 0 Å². The van der Waals surface area contributed by atoms with E-state index in [0.717, 1.165) is 31.4 Å². The number of hydrogen-bond donors (Lipinski definition) is 0. The van der Waals surface area contributed by atoms with E-state index in [-0.39, 0.29) is 23.5 Å². The molecular formula is C19H26N4O4. The van der Waals surface area contributed by atoms with Crippen LogP contribution in [0.15, 0.2) is 16.9 Å². The molecule has 3 fully saturated rings. The maximum atomic E-state index is 12.9. The van der Waals surface area contributed by atoms with Gasteiger partial charge in [-0.05, 0) is 38.7 Å². The number of carbonyl (C=O) groups excluding carboxylic acids is 2. The predicted octanol–water partition coefficient (Wildman–Crippen LogP) is 0.532. The Kier molecular flexibility index (Phi) is 4.99. The van der Waals surface area contributed by atoms with Crippen molar-refractivity contribution in [3.8, 4) is 0 Å². The molecule has 3 heterocycles. The Bertz CT molecular complexity index is 774. The first-order valence-electron chi connectivity index (χ1n) is 9.83. The van der Waals surface area contributed by atoms with Gasteiger partial charge >= 0.3 is 0 Å². The van der Waals surface area contributed by atoms with Crippen molar-refractivity contribution in [3.63, 3.8) is 0 Å². The molecule has 8 heteroatoms. The summed E-state index contributed by atoms with van der Waals surface area (Å²) < 4.78 is 6.77. The minimum atomic E-state index is -0.642. The Labute approximate surface area is 158 Å². The molecule has 1 aromatic rings. The molecule has 2 amide bonds. The molecule has 0 spiro atoms. The number of rotatable bonds is 4. The first kappa shape index (κ1) is 18.2. The molecule has 1 aliphatic carbocycles. The van der Waals surface area contributed by atoms with Gasteiger partial charge in [-0.3, -0.25) is 14.4 Å². The standard InChI is InChI=1S/C19H26N4O4/c1-13(23-17(24)7-6-15(20-23)14-4-5-14)18(25)21-8-10-22(11-9-21)19(26)16-3-2-12-27-16/h6-7,13-14,16H,2-5,8-12H2,1H3. The van der Waals surface area contributed by atoms with Crippen LogP contribution in [0.5, 0.6) is 0 Å². The SMILES string of the molecule is CC(C(=O)N1CCN(C(=O)C2CCCO2)CC1)n1nc(C2CC2)ccc1=O. The molecule has 1 aromatic heterocycles. The van der Waals surface area contributed by atoms with E-state index >= 15 is 0 Å². The Morgan fingerprint density at radius 1 is 1.11 bits per heavy atom. The molecule has 4 rings (SSSR count). The van der Waals surface area contributed by atoms with Gasteiger partial charge in [0.15, 0.2) is 0 Å². The Hall–Kier alpha value is -2.22. The first-order chi connectivity index (χ1) is 13.0. The minimum absolute atomic E-state index is 0.0302. The van der Waals surface area contributed by atoms with Gasteiger partial charge in [0.2, 0.25) is 5.91 Å². The summed E-state index contributed by atoms with van der Waals surface area (Å²) in [4.78, 5) is 41.0. The monoisotopic (exact) mass is 374 g/mol. The highest BCUT2D eigenvalue weighted by atomic mass is 16.5. The zero-order chi connectivity index (χ0) is 19.0. The molecule has 0 radical (unpaired) electrons. The van der Waals surface area contributed by atoms with Gasteiger partial charge in [0.25, 0.3) is 11.5 Å². The average molecular weight is 374 g/mol. The van der Waals surface area contributed by atoms with E-state index in [2.05, 4.69) is 5.10 Å². The zero-order valence-corrected chi connectivity index (χ0v) is 15.7. The highest BCUT2D eigenvalue weighted by molar-refractivity contribution is 5.82. The predicted molar refractivity (Wildman–Crippen MR) is 97.3 cm³/mol. The van der Waals surface area contributed by atoms with E-state index in [1.54, 1.807) is 22.8 Å². The summed E-state index contributed by atoms with van der Waals surface area (Å²) in [5.74, 6) is 0.330. The summed E-state index contributed by atoms with van der Waals surface area (Å²) in [7, 11) is 0. The molecular weight excluding hydrogens is 348 g/mol. The van der Waals surface area contributed by atoms with E-state index in [9.17, 15) is 14.4 Å². The molecule has 8 nitrogen and oxygen atoms in total. The smallest absolute Gasteiger partial charge is 0.267 e. The quantitative estimate of drug-likeness (QED) is 0.768. The van der Waals surface area contributed by atoms with Crippen LogP contribution >= 0.6 is 0 Å². The van der Waals surface area contributed by atoms with Crippen molar-refractivity contribution in [1.29, 1.82) is 0 Å². The van der Waals surface area contributed by atoms with Crippen molar-refractivity contribution in [2.75, 3.05) is 32.8 Å². The van der Waals surface area contributed by atoms with Crippen molar-refractivity contribution in [1.82, 2.24) is 19.6 Å². The van der Waals surface area contributed by atoms with Crippen LogP contribution in [0.2, 0.25) is 0 Å². The number of carbonyl (C=O) groups is 2. The van der Waals surface area contributed by atoms with Crippen molar-refractivity contribution in [3.05, 3.63) is 28.2 Å². The maximum Gasteiger partial charge on any atom is 0.267 e. The molecule has 146 valence electrons. The van der Waals surface area contributed by atoms with Crippen molar-refractivity contribution in [2.45, 2.75) is 50.7 Å². The number of amides is 2. The fourth-order valence-electron chi connectivity index (χ4n) is 3.81. The molecule has 27 heavy (non-hydrogen) atoms. The summed E-state index contributed by atoms with van der Waals surface area (Å²) in [5.41, 5.74) is 0.633. The number of nitrogens with zero attached hydrogens (tertiary/aromatic N) is 4. The van der Waals surface area contributed by atoms with Crippen molar-refractivity contribution >= 4 is 11.8 Å². The van der Waals surface area contributed by atoms with Crippen molar-refractivity contribution < 1.29 is 14.3 Å². The van der Waals surface area contributed by atoms with Crippen LogP contribution in [-0.2, 0) is 14.3 Å². The van der Waals surface area contributed by atoms with Crippen molar-refractivity contribution in [2.24, 2.45) is 0 Å². The summed E-state index contributed by atoms with van der Waals surface area (Å²) in [6, 6.07) is 2.63. The van der Waals surface area contributed by atoms with Gasteiger partial charge in [-0.1, -0.05) is 0 Å². The van der Waals surface area contributed by atoms with Gasteiger partial charge in [0, 0.05) is 44.8 Å². The van der Waals surface area contributed by atoms with Crippen LogP contribution in [-0.4, -0.2) is 70.3 Å². The zero-order valence-electron chi connectivity index (χ0n) is 15.7. The topological polar surface area (TPSA) is 84.7 Å². The maximum absolute atomic E-state index is 12.9. The second-order valence-corrected chi connectivity index (χ2v) is 7.64. The number of piperazine rings is 1. The van der Waals surface area contributed by atoms with Gasteiger partial charge in [0.05, 0.1) is 5.69 Å². The third kappa shape index (κ3) is 3.76. The summed E-state index contributed by atoms with van der Waals surface area (Å²) >= 11 is 0. The van der Waals surface area contributed by atoms with Crippen LogP contribution in [0.4, 0.5) is 0 Å². The molecule has 2 aliphatic heterocycles. The second kappa shape index (κ2) is 7.42. The Morgan fingerprint density at radius 3 is 2.44 bits per heavy atom. The lowest BCUT2D eigenvalue weighted by molar-refractivity contribution is -0.147. The highest BCUT2D eigenvalue weighted by Gasteiger charge is 2.33. The highest BCUT2D eigenvalue weighted by Crippen LogP contribution is 2.38. The molecule has 0 N–H and O–H groups in total. The molecule has 2 atom stereocenters. The number of ether oxygens (including phenoxy) is 1. The minimum Gasteiger partial charge on any atom is -0.368 e. The van der Waals surface area contributed by atoms with E-state index in [0.29, 0.717) is 38.7 Å². The lowest BCUT2D eigenvalue weighted by atomic mass is 10.2. The van der Waals surface area contributed by atoms with Crippen LogP contribution < -0.4 is 5.56 Å². The normalized spacial score (nSPS) is 24.1. The van der Waals surface area contributed by atoms with Gasteiger partial charge in [-0.25, -0.2) is 4.68 Å². The third-order valence-corrected chi connectivity index (χ3v) is 5.67. The number of hydrogen-bond acceptors (Lipinski definition) is 5. The van der Waals surface area contributed by atoms with Gasteiger partial charge in [-0.2, -0.15) is 5.10 Å². The van der Waals surface area contributed by atoms with Gasteiger partial charge in [0.1, 0.15) is 12.1 Å². The average Bonchev–Trinajstić information content (AvgIpc) is 3.40. The third-order valence-electron chi connectivity index (χ3n) is 5.67. The molecule has 1 saturated carbocycles. The van der Waals surface area contributed by atoms with Crippen LogP contribution in [0, 0.1) is 0 Å². The largest absolute Gasteiger partial charge is 0.368 e. The number of aromatic nitrogens is 2. The second-order valence-electron chi connectivity index (χ2n) is 7.64. The molecule has 0 aromatic carbocycles. The van der Waals surface area contributed by atoms with Gasteiger partial charge < -0.3 is 14.5 Å². The molecule has 2 unspecified atom stereocenters. The Balaban J connectivity index is 1.38. The fourth-order valence-corrected chi connectivity index (χ4v) is 3.81. The summed E-state index contributed by atoms with van der Waals surface area (Å²) in [5, 5.41) is 4.42. The first-order valence-corrected chi connectivity index (χ1v) is 9.83. The molecule has 0 bridgehead atoms. The van der Waals surface area contributed by atoms with Crippen LogP contribution in [0.3, 0.4) is 0 Å². The van der Waals surface area contributed by atoms with Crippen LogP contribution in [0.25, 0.3) is 0 Å². The lowest BCUT2D eigenvalue weighted by Crippen LogP contribution is -2.54. The Morgan fingerprint density at radius 2 is 1.81 bits per heavy atom. The van der Waals surface area contributed by atoms with E-state index < -0.39 is 6.04 Å². The van der Waals surface area contributed by atoms with E-state index in [4.69, 9.17) is 4.74 Å². The lowest BCUT2D eigenvalue weighted by Gasteiger charge is -2.36. The van der Waals surface area contributed by atoms with E-state index in [1.165, 1.54) is 10.7 Å².